The molecule has 0 radical (unpaired) electrons. The van der Waals surface area contributed by atoms with E-state index in [1.807, 2.05) is 43.3 Å². The van der Waals surface area contributed by atoms with Gasteiger partial charge < -0.3 is 14.8 Å². The van der Waals surface area contributed by atoms with Crippen LogP contribution in [0.3, 0.4) is 0 Å². The van der Waals surface area contributed by atoms with E-state index in [1.54, 1.807) is 7.11 Å². The van der Waals surface area contributed by atoms with E-state index in [4.69, 9.17) is 9.47 Å². The minimum atomic E-state index is -0.0543. The van der Waals surface area contributed by atoms with Crippen molar-refractivity contribution in [1.29, 1.82) is 0 Å². The molecule has 1 aliphatic heterocycles. The lowest BCUT2D eigenvalue weighted by atomic mass is 10.0. The van der Waals surface area contributed by atoms with Crippen molar-refractivity contribution >= 4 is 5.91 Å². The summed E-state index contributed by atoms with van der Waals surface area (Å²) >= 11 is 0. The lowest BCUT2D eigenvalue weighted by Crippen LogP contribution is -2.38. The Bertz CT molecular complexity index is 751. The van der Waals surface area contributed by atoms with Gasteiger partial charge in [0, 0.05) is 12.1 Å². The molecular formula is C24H32N2O3. The second kappa shape index (κ2) is 10.9. The summed E-state index contributed by atoms with van der Waals surface area (Å²) in [6, 6.07) is 15.7. The zero-order valence-corrected chi connectivity index (χ0v) is 17.5. The molecule has 0 aliphatic carbocycles. The first-order valence-corrected chi connectivity index (χ1v) is 10.6. The summed E-state index contributed by atoms with van der Waals surface area (Å²) in [6.45, 7) is 5.28. The maximum absolute atomic E-state index is 12.7. The summed E-state index contributed by atoms with van der Waals surface area (Å²) < 4.78 is 10.8. The van der Waals surface area contributed by atoms with Crippen LogP contribution in [0.25, 0.3) is 0 Å². The molecule has 1 heterocycles. The SMILES string of the molecule is CCOc1ccc(C(=O)NC[C@H](c2ccc(OC)cc2)N2CCCCCC2)cc1. The first kappa shape index (κ1) is 21.2. The first-order valence-electron chi connectivity index (χ1n) is 10.6. The molecule has 5 heteroatoms. The van der Waals surface area contributed by atoms with E-state index < -0.39 is 0 Å². The number of hydrogen-bond acceptors (Lipinski definition) is 4. The Hall–Kier alpha value is -2.53. The summed E-state index contributed by atoms with van der Waals surface area (Å²) in [6.07, 6.45) is 4.98. The summed E-state index contributed by atoms with van der Waals surface area (Å²) in [5.74, 6) is 1.58. The Morgan fingerprint density at radius 3 is 2.17 bits per heavy atom. The molecule has 1 saturated heterocycles. The van der Waals surface area contributed by atoms with Crippen LogP contribution in [-0.2, 0) is 0 Å². The fraction of sp³-hybridized carbons (Fsp3) is 0.458. The van der Waals surface area contributed by atoms with Gasteiger partial charge in [-0.15, -0.1) is 0 Å². The Morgan fingerprint density at radius 2 is 1.59 bits per heavy atom. The molecule has 29 heavy (non-hydrogen) atoms. The highest BCUT2D eigenvalue weighted by atomic mass is 16.5. The summed E-state index contributed by atoms with van der Waals surface area (Å²) in [5.41, 5.74) is 1.86. The van der Waals surface area contributed by atoms with Gasteiger partial charge in [-0.1, -0.05) is 25.0 Å². The smallest absolute Gasteiger partial charge is 0.251 e. The standard InChI is InChI=1S/C24H32N2O3/c1-3-29-22-14-10-20(11-15-22)24(27)25-18-23(26-16-6-4-5-7-17-26)19-8-12-21(28-2)13-9-19/h8-15,23H,3-7,16-18H2,1-2H3,(H,25,27)/t23-/m1/s1. The van der Waals surface area contributed by atoms with Crippen molar-refractivity contribution in [3.05, 3.63) is 59.7 Å². The molecule has 1 amide bonds. The second-order valence-electron chi connectivity index (χ2n) is 7.41. The molecule has 0 saturated carbocycles. The number of rotatable bonds is 8. The van der Waals surface area contributed by atoms with Crippen LogP contribution in [0.1, 0.15) is 54.6 Å². The number of carbonyl (C=O) groups excluding carboxylic acids is 1. The fourth-order valence-electron chi connectivity index (χ4n) is 3.85. The van der Waals surface area contributed by atoms with Crippen LogP contribution in [-0.4, -0.2) is 44.2 Å². The van der Waals surface area contributed by atoms with Crippen molar-refractivity contribution < 1.29 is 14.3 Å². The van der Waals surface area contributed by atoms with Gasteiger partial charge in [0.15, 0.2) is 0 Å². The summed E-state index contributed by atoms with van der Waals surface area (Å²) in [4.78, 5) is 15.2. The van der Waals surface area contributed by atoms with Gasteiger partial charge in [-0.3, -0.25) is 9.69 Å². The molecule has 1 atom stereocenters. The molecule has 2 aromatic carbocycles. The minimum absolute atomic E-state index is 0.0543. The molecule has 156 valence electrons. The van der Waals surface area contributed by atoms with E-state index in [9.17, 15) is 4.79 Å². The Balaban J connectivity index is 1.70. The Kier molecular flexibility index (Phi) is 7.94. The zero-order chi connectivity index (χ0) is 20.5. The van der Waals surface area contributed by atoms with Gasteiger partial charge in [-0.2, -0.15) is 0 Å². The van der Waals surface area contributed by atoms with Crippen molar-refractivity contribution in [1.82, 2.24) is 10.2 Å². The summed E-state index contributed by atoms with van der Waals surface area (Å²) in [5, 5.41) is 3.14. The molecule has 2 aromatic rings. The lowest BCUT2D eigenvalue weighted by molar-refractivity contribution is 0.0933. The van der Waals surface area contributed by atoms with Gasteiger partial charge in [0.1, 0.15) is 11.5 Å². The number of nitrogens with zero attached hydrogens (tertiary/aromatic N) is 1. The number of carbonyl (C=O) groups is 1. The van der Waals surface area contributed by atoms with Crippen LogP contribution in [0, 0.1) is 0 Å². The molecule has 3 rings (SSSR count). The average Bonchev–Trinajstić information content (AvgIpc) is 3.04. The molecular weight excluding hydrogens is 364 g/mol. The Morgan fingerprint density at radius 1 is 0.966 bits per heavy atom. The van der Waals surface area contributed by atoms with Gasteiger partial charge >= 0.3 is 0 Å². The highest BCUT2D eigenvalue weighted by molar-refractivity contribution is 5.94. The highest BCUT2D eigenvalue weighted by Gasteiger charge is 2.22. The van der Waals surface area contributed by atoms with E-state index in [2.05, 4.69) is 22.3 Å². The number of ether oxygens (including phenoxy) is 2. The maximum Gasteiger partial charge on any atom is 0.251 e. The molecule has 1 aliphatic rings. The number of amides is 1. The monoisotopic (exact) mass is 396 g/mol. The average molecular weight is 397 g/mol. The summed E-state index contributed by atoms with van der Waals surface area (Å²) in [7, 11) is 1.68. The molecule has 0 aromatic heterocycles. The van der Waals surface area contributed by atoms with Gasteiger partial charge in [0.25, 0.3) is 5.91 Å². The van der Waals surface area contributed by atoms with Crippen LogP contribution in [0.2, 0.25) is 0 Å². The van der Waals surface area contributed by atoms with Crippen molar-refractivity contribution in [2.75, 3.05) is 33.4 Å². The molecule has 5 nitrogen and oxygen atoms in total. The van der Waals surface area contributed by atoms with Crippen molar-refractivity contribution in [3.8, 4) is 11.5 Å². The van der Waals surface area contributed by atoms with Crippen LogP contribution in [0.5, 0.6) is 11.5 Å². The third-order valence-electron chi connectivity index (χ3n) is 5.47. The van der Waals surface area contributed by atoms with Crippen molar-refractivity contribution in [2.45, 2.75) is 38.6 Å². The zero-order valence-electron chi connectivity index (χ0n) is 17.5. The van der Waals surface area contributed by atoms with Crippen LogP contribution >= 0.6 is 0 Å². The van der Waals surface area contributed by atoms with Crippen molar-refractivity contribution in [2.24, 2.45) is 0 Å². The number of nitrogens with one attached hydrogen (secondary N) is 1. The number of benzene rings is 2. The normalized spacial score (nSPS) is 15.9. The van der Waals surface area contributed by atoms with Crippen LogP contribution in [0.4, 0.5) is 0 Å². The van der Waals surface area contributed by atoms with Crippen LogP contribution in [0.15, 0.2) is 48.5 Å². The van der Waals surface area contributed by atoms with E-state index in [0.29, 0.717) is 18.7 Å². The second-order valence-corrected chi connectivity index (χ2v) is 7.41. The minimum Gasteiger partial charge on any atom is -0.497 e. The molecule has 1 N–H and O–H groups in total. The number of likely N-dealkylation sites (tertiary alicyclic amines) is 1. The fourth-order valence-corrected chi connectivity index (χ4v) is 3.85. The lowest BCUT2D eigenvalue weighted by Gasteiger charge is -2.31. The van der Waals surface area contributed by atoms with E-state index in [1.165, 1.54) is 31.2 Å². The topological polar surface area (TPSA) is 50.8 Å². The number of hydrogen-bond donors (Lipinski definition) is 1. The molecule has 0 bridgehead atoms. The van der Waals surface area contributed by atoms with Crippen molar-refractivity contribution in [3.63, 3.8) is 0 Å². The Labute approximate surface area is 174 Å². The van der Waals surface area contributed by atoms with Gasteiger partial charge in [0.2, 0.25) is 0 Å². The predicted molar refractivity (Wildman–Crippen MR) is 116 cm³/mol. The van der Waals surface area contributed by atoms with E-state index in [0.717, 1.165) is 24.6 Å². The number of methoxy groups -OCH3 is 1. The quantitative estimate of drug-likeness (QED) is 0.717. The van der Waals surface area contributed by atoms with Gasteiger partial charge in [-0.25, -0.2) is 0 Å². The van der Waals surface area contributed by atoms with Gasteiger partial charge in [-0.05, 0) is 74.8 Å². The third-order valence-corrected chi connectivity index (χ3v) is 5.47. The molecule has 0 spiro atoms. The largest absolute Gasteiger partial charge is 0.497 e. The van der Waals surface area contributed by atoms with E-state index in [-0.39, 0.29) is 11.9 Å². The van der Waals surface area contributed by atoms with E-state index >= 15 is 0 Å². The van der Waals surface area contributed by atoms with Crippen LogP contribution < -0.4 is 14.8 Å². The highest BCUT2D eigenvalue weighted by Crippen LogP contribution is 2.26. The molecule has 0 unspecified atom stereocenters. The third kappa shape index (κ3) is 5.97. The first-order chi connectivity index (χ1) is 14.2. The van der Waals surface area contributed by atoms with Gasteiger partial charge in [0.05, 0.1) is 19.8 Å². The maximum atomic E-state index is 12.7. The predicted octanol–water partition coefficient (Wildman–Crippen LogP) is 4.44. The molecule has 1 fully saturated rings.